The number of hydrogen-bond donors (Lipinski definition) is 0. The fourth-order valence-electron chi connectivity index (χ4n) is 4.87. The molecule has 0 spiro atoms. The normalized spacial score (nSPS) is 23.9. The Morgan fingerprint density at radius 2 is 1.56 bits per heavy atom. The summed E-state index contributed by atoms with van der Waals surface area (Å²) >= 11 is 0. The van der Waals surface area contributed by atoms with Crippen LogP contribution in [0, 0.1) is 17.8 Å². The maximum Gasteiger partial charge on any atom is 0.316 e. The third kappa shape index (κ3) is 3.75. The minimum Gasteiger partial charge on any atom is -0.495 e. The van der Waals surface area contributed by atoms with Crippen LogP contribution in [0.25, 0.3) is 0 Å². The van der Waals surface area contributed by atoms with Crippen molar-refractivity contribution in [3.8, 4) is 11.5 Å². The molecule has 2 heterocycles. The zero-order chi connectivity index (χ0) is 23.8. The molecule has 0 unspecified atom stereocenters. The molecule has 174 valence electrons. The van der Waals surface area contributed by atoms with Crippen LogP contribution in [-0.4, -0.2) is 37.3 Å². The lowest BCUT2D eigenvalue weighted by Crippen LogP contribution is -2.30. The molecule has 5 rings (SSSR count). The quantitative estimate of drug-likeness (QED) is 0.295. The molecule has 8 heteroatoms. The fraction of sp³-hybridized carbons (Fsp3) is 0.308. The number of esters is 1. The number of allylic oxidation sites excluding steroid dienone is 2. The molecule has 8 nitrogen and oxygen atoms in total. The Morgan fingerprint density at radius 1 is 0.912 bits per heavy atom. The van der Waals surface area contributed by atoms with Gasteiger partial charge in [0.1, 0.15) is 11.5 Å². The van der Waals surface area contributed by atoms with E-state index in [1.807, 2.05) is 18.2 Å². The molecule has 3 atom stereocenters. The van der Waals surface area contributed by atoms with Crippen molar-refractivity contribution in [2.24, 2.45) is 17.8 Å². The Hall–Kier alpha value is -3.94. The van der Waals surface area contributed by atoms with Gasteiger partial charge in [0.15, 0.2) is 0 Å². The molecule has 1 aliphatic carbocycles. The zero-order valence-electron chi connectivity index (χ0n) is 18.7. The minimum atomic E-state index is -0.616. The number of para-hydroxylation sites is 2. The first-order valence-electron chi connectivity index (χ1n) is 11.3. The summed E-state index contributed by atoms with van der Waals surface area (Å²) in [5.41, 5.74) is 1.08. The Bertz CT molecular complexity index is 1160. The molecular formula is C26H24N2O6. The van der Waals surface area contributed by atoms with E-state index >= 15 is 0 Å². The first-order chi connectivity index (χ1) is 16.5. The van der Waals surface area contributed by atoms with E-state index in [9.17, 15) is 19.2 Å². The summed E-state index contributed by atoms with van der Waals surface area (Å²) in [5.74, 6) is -1.45. The van der Waals surface area contributed by atoms with Gasteiger partial charge in [-0.05, 0) is 49.2 Å². The number of rotatable bonds is 5. The van der Waals surface area contributed by atoms with Crippen LogP contribution in [0.3, 0.4) is 0 Å². The number of methoxy groups -OCH3 is 1. The molecule has 2 fully saturated rings. The van der Waals surface area contributed by atoms with Crippen LogP contribution in [0.1, 0.15) is 19.3 Å². The average molecular weight is 460 g/mol. The van der Waals surface area contributed by atoms with E-state index in [0.717, 1.165) is 0 Å². The number of anilines is 2. The highest BCUT2D eigenvalue weighted by molar-refractivity contribution is 6.22. The Kier molecular flexibility index (Phi) is 5.65. The standard InChI is InChI=1S/C26H24N2O6/c1-33-22-9-5-4-8-21(22)27-15-16(14-23(27)29)26(32)34-18-12-10-17(11-13-18)28-24(30)19-6-2-3-7-20(19)25(28)31/h2-5,8-13,16,19-20H,6-7,14-15H2,1H3/t16-,19-,20+/m1/s1. The summed E-state index contributed by atoms with van der Waals surface area (Å²) in [6.07, 6.45) is 5.09. The highest BCUT2D eigenvalue weighted by atomic mass is 16.5. The van der Waals surface area contributed by atoms with Crippen LogP contribution in [0.5, 0.6) is 11.5 Å². The highest BCUT2D eigenvalue weighted by Crippen LogP contribution is 2.38. The first-order valence-corrected chi connectivity index (χ1v) is 11.3. The van der Waals surface area contributed by atoms with Crippen LogP contribution >= 0.6 is 0 Å². The predicted octanol–water partition coefficient (Wildman–Crippen LogP) is 3.11. The molecule has 0 aromatic heterocycles. The van der Waals surface area contributed by atoms with E-state index < -0.39 is 11.9 Å². The molecule has 2 saturated heterocycles. The molecule has 2 aromatic rings. The fourth-order valence-corrected chi connectivity index (χ4v) is 4.87. The smallest absolute Gasteiger partial charge is 0.316 e. The van der Waals surface area contributed by atoms with Crippen molar-refractivity contribution in [3.05, 3.63) is 60.7 Å². The third-order valence-corrected chi connectivity index (χ3v) is 6.66. The number of ether oxygens (including phenoxy) is 2. The number of nitrogens with zero attached hydrogens (tertiary/aromatic N) is 2. The Balaban J connectivity index is 1.25. The van der Waals surface area contributed by atoms with Crippen molar-refractivity contribution in [1.82, 2.24) is 0 Å². The SMILES string of the molecule is COc1ccccc1N1C[C@H](C(=O)Oc2ccc(N3C(=O)[C@H]4CC=CC[C@H]4C3=O)cc2)CC1=O. The molecule has 2 aromatic carbocycles. The molecular weight excluding hydrogens is 436 g/mol. The zero-order valence-corrected chi connectivity index (χ0v) is 18.7. The number of fused-ring (bicyclic) bond motifs is 1. The van der Waals surface area contributed by atoms with E-state index in [2.05, 4.69) is 0 Å². The topological polar surface area (TPSA) is 93.2 Å². The van der Waals surface area contributed by atoms with E-state index in [-0.39, 0.29) is 48.3 Å². The second kappa shape index (κ2) is 8.78. The van der Waals surface area contributed by atoms with Crippen LogP contribution in [-0.2, 0) is 19.2 Å². The molecule has 3 amide bonds. The lowest BCUT2D eigenvalue weighted by Gasteiger charge is -2.19. The molecule has 0 bridgehead atoms. The molecule has 0 radical (unpaired) electrons. The monoisotopic (exact) mass is 460 g/mol. The van der Waals surface area contributed by atoms with E-state index in [4.69, 9.17) is 9.47 Å². The van der Waals surface area contributed by atoms with Gasteiger partial charge in [-0.25, -0.2) is 0 Å². The number of hydrogen-bond acceptors (Lipinski definition) is 6. The van der Waals surface area contributed by atoms with Crippen LogP contribution in [0.15, 0.2) is 60.7 Å². The lowest BCUT2D eigenvalue weighted by atomic mass is 9.85. The van der Waals surface area contributed by atoms with Crippen molar-refractivity contribution in [3.63, 3.8) is 0 Å². The van der Waals surface area contributed by atoms with Crippen molar-refractivity contribution in [2.45, 2.75) is 19.3 Å². The summed E-state index contributed by atoms with van der Waals surface area (Å²) in [5, 5.41) is 0. The summed E-state index contributed by atoms with van der Waals surface area (Å²) in [6.45, 7) is 0.198. The predicted molar refractivity (Wildman–Crippen MR) is 123 cm³/mol. The largest absolute Gasteiger partial charge is 0.495 e. The van der Waals surface area contributed by atoms with Gasteiger partial charge in [-0.15, -0.1) is 0 Å². The van der Waals surface area contributed by atoms with Gasteiger partial charge in [-0.1, -0.05) is 24.3 Å². The van der Waals surface area contributed by atoms with E-state index in [1.54, 1.807) is 42.5 Å². The van der Waals surface area contributed by atoms with Crippen molar-refractivity contribution < 1.29 is 28.7 Å². The van der Waals surface area contributed by atoms with Crippen LogP contribution in [0.4, 0.5) is 11.4 Å². The van der Waals surface area contributed by atoms with Crippen LogP contribution in [0.2, 0.25) is 0 Å². The first kappa shape index (κ1) is 21.9. The lowest BCUT2D eigenvalue weighted by molar-refractivity contribution is -0.139. The van der Waals surface area contributed by atoms with Gasteiger partial charge < -0.3 is 14.4 Å². The Labute approximate surface area is 196 Å². The molecule has 2 aliphatic heterocycles. The highest BCUT2D eigenvalue weighted by Gasteiger charge is 2.47. The van der Waals surface area contributed by atoms with Crippen molar-refractivity contribution >= 4 is 35.1 Å². The van der Waals surface area contributed by atoms with E-state index in [0.29, 0.717) is 30.0 Å². The average Bonchev–Trinajstić information content (AvgIpc) is 3.37. The summed E-state index contributed by atoms with van der Waals surface area (Å²) in [4.78, 5) is 53.6. The van der Waals surface area contributed by atoms with Gasteiger partial charge in [0.25, 0.3) is 0 Å². The van der Waals surface area contributed by atoms with Crippen LogP contribution < -0.4 is 19.3 Å². The number of amides is 3. The van der Waals surface area contributed by atoms with Crippen molar-refractivity contribution in [2.75, 3.05) is 23.5 Å². The second-order valence-electron chi connectivity index (χ2n) is 8.66. The summed E-state index contributed by atoms with van der Waals surface area (Å²) < 4.78 is 10.8. The van der Waals surface area contributed by atoms with E-state index in [1.165, 1.54) is 16.9 Å². The number of carbonyl (C=O) groups excluding carboxylic acids is 4. The Morgan fingerprint density at radius 3 is 2.21 bits per heavy atom. The third-order valence-electron chi connectivity index (χ3n) is 6.66. The second-order valence-corrected chi connectivity index (χ2v) is 8.66. The minimum absolute atomic E-state index is 0.0442. The van der Waals surface area contributed by atoms with Gasteiger partial charge in [0.05, 0.1) is 36.2 Å². The molecule has 0 saturated carbocycles. The number of benzene rings is 2. The maximum absolute atomic E-state index is 12.8. The van der Waals surface area contributed by atoms with Gasteiger partial charge in [0, 0.05) is 13.0 Å². The van der Waals surface area contributed by atoms with Gasteiger partial charge in [0.2, 0.25) is 17.7 Å². The number of carbonyl (C=O) groups is 4. The molecule has 34 heavy (non-hydrogen) atoms. The maximum atomic E-state index is 12.8. The summed E-state index contributed by atoms with van der Waals surface area (Å²) in [6, 6.07) is 13.5. The van der Waals surface area contributed by atoms with Gasteiger partial charge in [-0.3, -0.25) is 24.1 Å². The number of imide groups is 1. The van der Waals surface area contributed by atoms with Crippen molar-refractivity contribution in [1.29, 1.82) is 0 Å². The van der Waals surface area contributed by atoms with Gasteiger partial charge >= 0.3 is 5.97 Å². The van der Waals surface area contributed by atoms with Gasteiger partial charge in [-0.2, -0.15) is 0 Å². The molecule has 0 N–H and O–H groups in total. The summed E-state index contributed by atoms with van der Waals surface area (Å²) in [7, 11) is 1.53. The molecule has 3 aliphatic rings.